The van der Waals surface area contributed by atoms with Crippen LogP contribution >= 0.6 is 0 Å². The van der Waals surface area contributed by atoms with Gasteiger partial charge in [0.1, 0.15) is 6.54 Å². The standard InChI is InChI=1S/C9H15N3O2/c1-11-6-8(13)12(9(11)14)7-4-2-3-5-10-7/h7,10H,2-6H2,1H3. The zero-order valence-corrected chi connectivity index (χ0v) is 8.32. The molecular weight excluding hydrogens is 182 g/mol. The predicted molar refractivity (Wildman–Crippen MR) is 50.5 cm³/mol. The highest BCUT2D eigenvalue weighted by atomic mass is 16.2. The molecule has 14 heavy (non-hydrogen) atoms. The van der Waals surface area contributed by atoms with Crippen LogP contribution in [0.2, 0.25) is 0 Å². The van der Waals surface area contributed by atoms with Crippen LogP contribution in [0.5, 0.6) is 0 Å². The molecule has 2 rings (SSSR count). The summed E-state index contributed by atoms with van der Waals surface area (Å²) in [5.74, 6) is -0.0862. The third-order valence-electron chi connectivity index (χ3n) is 2.77. The van der Waals surface area contributed by atoms with Crippen molar-refractivity contribution in [3.8, 4) is 0 Å². The molecule has 0 radical (unpaired) electrons. The molecule has 0 saturated carbocycles. The van der Waals surface area contributed by atoms with Gasteiger partial charge < -0.3 is 4.90 Å². The first-order valence-corrected chi connectivity index (χ1v) is 5.00. The Hall–Kier alpha value is -1.10. The van der Waals surface area contributed by atoms with Gasteiger partial charge in [0.2, 0.25) is 0 Å². The molecule has 1 atom stereocenters. The van der Waals surface area contributed by atoms with Gasteiger partial charge in [-0.2, -0.15) is 0 Å². The number of hydrogen-bond donors (Lipinski definition) is 1. The molecule has 1 unspecified atom stereocenters. The summed E-state index contributed by atoms with van der Waals surface area (Å²) in [6.07, 6.45) is 3.01. The highest BCUT2D eigenvalue weighted by molar-refractivity contribution is 6.02. The number of rotatable bonds is 1. The third-order valence-corrected chi connectivity index (χ3v) is 2.77. The number of urea groups is 1. The molecule has 1 N–H and O–H groups in total. The normalized spacial score (nSPS) is 28.8. The molecule has 0 aromatic carbocycles. The summed E-state index contributed by atoms with van der Waals surface area (Å²) in [5.41, 5.74) is 0. The summed E-state index contributed by atoms with van der Waals surface area (Å²) in [6, 6.07) is -0.172. The molecule has 2 fully saturated rings. The summed E-state index contributed by atoms with van der Waals surface area (Å²) in [6.45, 7) is 1.11. The molecule has 0 spiro atoms. The van der Waals surface area contributed by atoms with Crippen LogP contribution in [-0.4, -0.2) is 48.0 Å². The second-order valence-electron chi connectivity index (χ2n) is 3.87. The van der Waals surface area contributed by atoms with Gasteiger partial charge >= 0.3 is 6.03 Å². The van der Waals surface area contributed by atoms with Crippen LogP contribution in [0.25, 0.3) is 0 Å². The number of imide groups is 1. The minimum Gasteiger partial charge on any atom is -0.318 e. The first-order valence-electron chi connectivity index (χ1n) is 5.00. The van der Waals surface area contributed by atoms with E-state index in [0.717, 1.165) is 25.8 Å². The van der Waals surface area contributed by atoms with Gasteiger partial charge in [0.25, 0.3) is 5.91 Å². The Morgan fingerprint density at radius 2 is 2.14 bits per heavy atom. The average molecular weight is 197 g/mol. The van der Waals surface area contributed by atoms with Crippen molar-refractivity contribution in [2.75, 3.05) is 20.1 Å². The number of likely N-dealkylation sites (N-methyl/N-ethyl adjacent to an activating group) is 1. The monoisotopic (exact) mass is 197 g/mol. The van der Waals surface area contributed by atoms with Crippen LogP contribution in [0.15, 0.2) is 0 Å². The number of carbonyl (C=O) groups is 2. The number of piperidine rings is 1. The van der Waals surface area contributed by atoms with Crippen molar-refractivity contribution in [2.45, 2.75) is 25.4 Å². The fraction of sp³-hybridized carbons (Fsp3) is 0.778. The molecule has 2 heterocycles. The van der Waals surface area contributed by atoms with E-state index in [1.807, 2.05) is 0 Å². The maximum absolute atomic E-state index is 11.6. The molecule has 0 bridgehead atoms. The van der Waals surface area contributed by atoms with Crippen molar-refractivity contribution in [1.82, 2.24) is 15.1 Å². The lowest BCUT2D eigenvalue weighted by atomic mass is 10.1. The molecule has 2 aliphatic rings. The molecule has 5 heteroatoms. The Balaban J connectivity index is 2.08. The molecule has 78 valence electrons. The fourth-order valence-corrected chi connectivity index (χ4v) is 2.00. The van der Waals surface area contributed by atoms with E-state index in [-0.39, 0.29) is 24.6 Å². The van der Waals surface area contributed by atoms with E-state index >= 15 is 0 Å². The van der Waals surface area contributed by atoms with Crippen LogP contribution in [0, 0.1) is 0 Å². The second-order valence-corrected chi connectivity index (χ2v) is 3.87. The van der Waals surface area contributed by atoms with E-state index in [4.69, 9.17) is 0 Å². The summed E-state index contributed by atoms with van der Waals surface area (Å²) >= 11 is 0. The van der Waals surface area contributed by atoms with Crippen LogP contribution in [0.4, 0.5) is 4.79 Å². The van der Waals surface area contributed by atoms with E-state index in [9.17, 15) is 9.59 Å². The van der Waals surface area contributed by atoms with Crippen molar-refractivity contribution in [2.24, 2.45) is 0 Å². The first-order chi connectivity index (χ1) is 6.70. The van der Waals surface area contributed by atoms with Crippen LogP contribution in [0.1, 0.15) is 19.3 Å². The van der Waals surface area contributed by atoms with Gasteiger partial charge in [-0.1, -0.05) is 0 Å². The Morgan fingerprint density at radius 3 is 2.64 bits per heavy atom. The van der Waals surface area contributed by atoms with Crippen molar-refractivity contribution in [3.05, 3.63) is 0 Å². The molecule has 3 amide bonds. The van der Waals surface area contributed by atoms with E-state index in [2.05, 4.69) is 5.32 Å². The van der Waals surface area contributed by atoms with Gasteiger partial charge in [0, 0.05) is 7.05 Å². The zero-order chi connectivity index (χ0) is 10.1. The van der Waals surface area contributed by atoms with Gasteiger partial charge in [-0.25, -0.2) is 9.69 Å². The quantitative estimate of drug-likeness (QED) is 0.601. The van der Waals surface area contributed by atoms with Crippen molar-refractivity contribution >= 4 is 11.9 Å². The topological polar surface area (TPSA) is 52.7 Å². The molecule has 2 saturated heterocycles. The summed E-state index contributed by atoms with van der Waals surface area (Å²) in [4.78, 5) is 25.9. The number of amides is 3. The van der Waals surface area contributed by atoms with Gasteiger partial charge in [-0.15, -0.1) is 0 Å². The van der Waals surface area contributed by atoms with Gasteiger partial charge in [-0.05, 0) is 25.8 Å². The van der Waals surface area contributed by atoms with Gasteiger partial charge in [-0.3, -0.25) is 10.1 Å². The third kappa shape index (κ3) is 1.48. The number of nitrogens with one attached hydrogen (secondary N) is 1. The van der Waals surface area contributed by atoms with Gasteiger partial charge in [0.05, 0.1) is 6.17 Å². The molecule has 5 nitrogen and oxygen atoms in total. The highest BCUT2D eigenvalue weighted by Crippen LogP contribution is 2.17. The average Bonchev–Trinajstić information content (AvgIpc) is 2.43. The number of nitrogens with zero attached hydrogens (tertiary/aromatic N) is 2. The van der Waals surface area contributed by atoms with E-state index < -0.39 is 0 Å². The Kier molecular flexibility index (Phi) is 2.41. The van der Waals surface area contributed by atoms with Crippen LogP contribution < -0.4 is 5.32 Å². The van der Waals surface area contributed by atoms with Crippen molar-refractivity contribution in [3.63, 3.8) is 0 Å². The minimum absolute atomic E-state index is 0.0753. The van der Waals surface area contributed by atoms with Crippen LogP contribution in [0.3, 0.4) is 0 Å². The molecule has 0 aromatic heterocycles. The maximum Gasteiger partial charge on any atom is 0.328 e. The van der Waals surface area contributed by atoms with E-state index in [0.29, 0.717) is 0 Å². The largest absolute Gasteiger partial charge is 0.328 e. The predicted octanol–water partition coefficient (Wildman–Crippen LogP) is -0.0200. The van der Waals surface area contributed by atoms with Gasteiger partial charge in [0.15, 0.2) is 0 Å². The summed E-state index contributed by atoms with van der Waals surface area (Å²) in [5, 5.41) is 3.20. The Morgan fingerprint density at radius 1 is 1.36 bits per heavy atom. The first kappa shape index (κ1) is 9.45. The van der Waals surface area contributed by atoms with E-state index in [1.165, 1.54) is 9.80 Å². The SMILES string of the molecule is CN1CC(=O)N(C2CCCCN2)C1=O. The second kappa shape index (κ2) is 3.57. The molecule has 2 aliphatic heterocycles. The maximum atomic E-state index is 11.6. The minimum atomic E-state index is -0.172. The number of carbonyl (C=O) groups excluding carboxylic acids is 2. The highest BCUT2D eigenvalue weighted by Gasteiger charge is 2.38. The zero-order valence-electron chi connectivity index (χ0n) is 8.32. The molecule has 0 aliphatic carbocycles. The fourth-order valence-electron chi connectivity index (χ4n) is 2.00. The summed E-state index contributed by atoms with van der Waals surface area (Å²) < 4.78 is 0. The summed E-state index contributed by atoms with van der Waals surface area (Å²) in [7, 11) is 1.66. The van der Waals surface area contributed by atoms with Crippen molar-refractivity contribution in [1.29, 1.82) is 0 Å². The smallest absolute Gasteiger partial charge is 0.318 e. The van der Waals surface area contributed by atoms with E-state index in [1.54, 1.807) is 7.05 Å². The molecule has 0 aromatic rings. The Labute approximate surface area is 83.0 Å². The van der Waals surface area contributed by atoms with Crippen LogP contribution in [-0.2, 0) is 4.79 Å². The number of hydrogen-bond acceptors (Lipinski definition) is 3. The Bertz CT molecular complexity index is 261. The lowest BCUT2D eigenvalue weighted by molar-refractivity contribution is -0.127. The molecular formula is C9H15N3O2. The lowest BCUT2D eigenvalue weighted by Crippen LogP contribution is -2.51. The lowest BCUT2D eigenvalue weighted by Gasteiger charge is -2.30. The van der Waals surface area contributed by atoms with Crippen molar-refractivity contribution < 1.29 is 9.59 Å².